The minimum absolute atomic E-state index is 0.0210. The molecule has 1 amide bonds. The molecule has 0 saturated carbocycles. The van der Waals surface area contributed by atoms with Gasteiger partial charge < -0.3 is 10.2 Å². The molecular weight excluding hydrogens is 228 g/mol. The van der Waals surface area contributed by atoms with Crippen LogP contribution in [0.25, 0.3) is 0 Å². The lowest BCUT2D eigenvalue weighted by Crippen LogP contribution is -2.58. The molecule has 0 aromatic heterocycles. The maximum atomic E-state index is 12.5. The third-order valence-electron chi connectivity index (χ3n) is 3.37. The molecule has 1 rings (SSSR count). The molecule has 0 aromatic rings. The fraction of sp³-hybridized carbons (Fsp3) is 0.769. The number of nitrogens with zero attached hydrogens (tertiary/aromatic N) is 3. The first-order chi connectivity index (χ1) is 8.64. The van der Waals surface area contributed by atoms with E-state index in [0.29, 0.717) is 25.9 Å². The van der Waals surface area contributed by atoms with Crippen molar-refractivity contribution in [1.82, 2.24) is 10.2 Å². The molecule has 1 unspecified atom stereocenters. The Balaban J connectivity index is 2.67. The van der Waals surface area contributed by atoms with Gasteiger partial charge in [-0.05, 0) is 32.7 Å². The van der Waals surface area contributed by atoms with Crippen LogP contribution in [-0.2, 0) is 4.79 Å². The Morgan fingerprint density at radius 2 is 1.89 bits per heavy atom. The van der Waals surface area contributed by atoms with Crippen LogP contribution in [0.15, 0.2) is 0 Å². The van der Waals surface area contributed by atoms with E-state index in [-0.39, 0.29) is 5.91 Å². The highest BCUT2D eigenvalue weighted by molar-refractivity contribution is 5.86. The normalized spacial score (nSPS) is 22.8. The standard InChI is InChI=1S/C13H20N4O/c1-13(6-2-3-9-16-13)12(18)17(10-4-7-14)11-5-8-15/h16H,2-6,9-11H2,1H3. The largest absolute Gasteiger partial charge is 0.339 e. The third kappa shape index (κ3) is 3.72. The molecule has 0 radical (unpaired) electrons. The van der Waals surface area contributed by atoms with Gasteiger partial charge in [-0.3, -0.25) is 4.79 Å². The minimum atomic E-state index is -0.525. The Morgan fingerprint density at radius 3 is 2.33 bits per heavy atom. The molecule has 1 aliphatic heterocycles. The zero-order valence-corrected chi connectivity index (χ0v) is 10.9. The summed E-state index contributed by atoms with van der Waals surface area (Å²) in [5.74, 6) is 0.0210. The highest BCUT2D eigenvalue weighted by atomic mass is 16.2. The molecular formula is C13H20N4O. The number of rotatable bonds is 5. The Morgan fingerprint density at radius 1 is 1.28 bits per heavy atom. The van der Waals surface area contributed by atoms with E-state index >= 15 is 0 Å². The van der Waals surface area contributed by atoms with E-state index in [9.17, 15) is 4.79 Å². The molecule has 0 spiro atoms. The molecule has 98 valence electrons. The first kappa shape index (κ1) is 14.5. The van der Waals surface area contributed by atoms with Crippen LogP contribution < -0.4 is 5.32 Å². The van der Waals surface area contributed by atoms with Gasteiger partial charge in [-0.1, -0.05) is 0 Å². The second-order valence-corrected chi connectivity index (χ2v) is 4.82. The molecule has 1 heterocycles. The predicted octanol–water partition coefficient (Wildman–Crippen LogP) is 1.17. The Bertz CT molecular complexity index is 342. The fourth-order valence-electron chi connectivity index (χ4n) is 2.27. The van der Waals surface area contributed by atoms with E-state index in [1.54, 1.807) is 4.90 Å². The number of carbonyl (C=O) groups excluding carboxylic acids is 1. The van der Waals surface area contributed by atoms with Crippen molar-refractivity contribution >= 4 is 5.91 Å². The van der Waals surface area contributed by atoms with Crippen LogP contribution in [0.5, 0.6) is 0 Å². The molecule has 1 saturated heterocycles. The van der Waals surface area contributed by atoms with Crippen LogP contribution in [0.4, 0.5) is 0 Å². The average Bonchev–Trinajstić information content (AvgIpc) is 2.39. The number of carbonyl (C=O) groups is 1. The number of piperidine rings is 1. The molecule has 5 nitrogen and oxygen atoms in total. The Hall–Kier alpha value is -1.59. The summed E-state index contributed by atoms with van der Waals surface area (Å²) >= 11 is 0. The van der Waals surface area contributed by atoms with Crippen LogP contribution in [0.3, 0.4) is 0 Å². The second-order valence-electron chi connectivity index (χ2n) is 4.82. The highest BCUT2D eigenvalue weighted by Crippen LogP contribution is 2.21. The Labute approximate surface area is 108 Å². The summed E-state index contributed by atoms with van der Waals surface area (Å²) in [4.78, 5) is 14.1. The zero-order chi connectivity index (χ0) is 13.4. The van der Waals surface area contributed by atoms with Crippen LogP contribution in [-0.4, -0.2) is 36.0 Å². The molecule has 5 heteroatoms. The zero-order valence-electron chi connectivity index (χ0n) is 10.9. The number of nitriles is 2. The van der Waals surface area contributed by atoms with Gasteiger partial charge in [-0.25, -0.2) is 0 Å². The number of hydrogen-bond donors (Lipinski definition) is 1. The molecule has 0 aromatic carbocycles. The minimum Gasteiger partial charge on any atom is -0.339 e. The van der Waals surface area contributed by atoms with Gasteiger partial charge in [0, 0.05) is 13.1 Å². The highest BCUT2D eigenvalue weighted by Gasteiger charge is 2.37. The van der Waals surface area contributed by atoms with Gasteiger partial charge in [0.2, 0.25) is 5.91 Å². The van der Waals surface area contributed by atoms with Crippen molar-refractivity contribution in [2.75, 3.05) is 19.6 Å². The number of amides is 1. The van der Waals surface area contributed by atoms with Crippen molar-refractivity contribution in [2.24, 2.45) is 0 Å². The smallest absolute Gasteiger partial charge is 0.242 e. The summed E-state index contributed by atoms with van der Waals surface area (Å²) in [6.07, 6.45) is 3.58. The maximum absolute atomic E-state index is 12.5. The lowest BCUT2D eigenvalue weighted by atomic mass is 9.89. The van der Waals surface area contributed by atoms with E-state index in [0.717, 1.165) is 25.8 Å². The van der Waals surface area contributed by atoms with Crippen molar-refractivity contribution in [3.63, 3.8) is 0 Å². The molecule has 0 aliphatic carbocycles. The van der Waals surface area contributed by atoms with Crippen LogP contribution in [0.1, 0.15) is 39.0 Å². The van der Waals surface area contributed by atoms with Crippen molar-refractivity contribution in [1.29, 1.82) is 10.5 Å². The maximum Gasteiger partial charge on any atom is 0.242 e. The quantitative estimate of drug-likeness (QED) is 0.792. The van der Waals surface area contributed by atoms with Gasteiger partial charge >= 0.3 is 0 Å². The molecule has 0 bridgehead atoms. The topological polar surface area (TPSA) is 79.9 Å². The van der Waals surface area contributed by atoms with E-state index in [1.165, 1.54) is 0 Å². The van der Waals surface area contributed by atoms with Crippen molar-refractivity contribution in [2.45, 2.75) is 44.6 Å². The van der Waals surface area contributed by atoms with Gasteiger partial charge in [0.05, 0.1) is 30.5 Å². The summed E-state index contributed by atoms with van der Waals surface area (Å²) in [5, 5.41) is 20.5. The van der Waals surface area contributed by atoms with E-state index < -0.39 is 5.54 Å². The first-order valence-corrected chi connectivity index (χ1v) is 6.42. The van der Waals surface area contributed by atoms with E-state index in [4.69, 9.17) is 10.5 Å². The Kier molecular flexibility index (Phi) is 5.61. The predicted molar refractivity (Wildman–Crippen MR) is 67.3 cm³/mol. The van der Waals surface area contributed by atoms with Gasteiger partial charge in [0.1, 0.15) is 0 Å². The van der Waals surface area contributed by atoms with Crippen molar-refractivity contribution in [3.8, 4) is 12.1 Å². The monoisotopic (exact) mass is 248 g/mol. The summed E-state index contributed by atoms with van der Waals surface area (Å²) < 4.78 is 0. The van der Waals surface area contributed by atoms with Gasteiger partial charge in [-0.2, -0.15) is 10.5 Å². The fourth-order valence-corrected chi connectivity index (χ4v) is 2.27. The van der Waals surface area contributed by atoms with Gasteiger partial charge in [0.25, 0.3) is 0 Å². The third-order valence-corrected chi connectivity index (χ3v) is 3.37. The SMILES string of the molecule is CC1(C(=O)N(CCC#N)CCC#N)CCCCN1. The molecule has 1 fully saturated rings. The van der Waals surface area contributed by atoms with Crippen molar-refractivity contribution in [3.05, 3.63) is 0 Å². The van der Waals surface area contributed by atoms with E-state index in [2.05, 4.69) is 5.32 Å². The number of hydrogen-bond acceptors (Lipinski definition) is 4. The summed E-state index contributed by atoms with van der Waals surface area (Å²) in [5.41, 5.74) is -0.525. The van der Waals surface area contributed by atoms with Gasteiger partial charge in [0.15, 0.2) is 0 Å². The summed E-state index contributed by atoms with van der Waals surface area (Å²) in [6, 6.07) is 4.10. The van der Waals surface area contributed by atoms with Gasteiger partial charge in [-0.15, -0.1) is 0 Å². The van der Waals surface area contributed by atoms with Crippen LogP contribution in [0.2, 0.25) is 0 Å². The van der Waals surface area contributed by atoms with Crippen LogP contribution in [0, 0.1) is 22.7 Å². The van der Waals surface area contributed by atoms with Crippen LogP contribution >= 0.6 is 0 Å². The lowest BCUT2D eigenvalue weighted by Gasteiger charge is -2.37. The average molecular weight is 248 g/mol. The molecule has 18 heavy (non-hydrogen) atoms. The summed E-state index contributed by atoms with van der Waals surface area (Å²) in [7, 11) is 0. The second kappa shape index (κ2) is 6.98. The molecule has 1 atom stereocenters. The van der Waals surface area contributed by atoms with Crippen molar-refractivity contribution < 1.29 is 4.79 Å². The molecule has 1 aliphatic rings. The lowest BCUT2D eigenvalue weighted by molar-refractivity contribution is -0.138. The number of nitrogens with one attached hydrogen (secondary N) is 1. The molecule has 1 N–H and O–H groups in total. The summed E-state index contributed by atoms with van der Waals surface area (Å²) in [6.45, 7) is 3.59. The van der Waals surface area contributed by atoms with E-state index in [1.807, 2.05) is 19.1 Å². The first-order valence-electron chi connectivity index (χ1n) is 6.42.